The van der Waals surface area contributed by atoms with Gasteiger partial charge in [-0.1, -0.05) is 13.8 Å². The molecule has 2 rings (SSSR count). The monoisotopic (exact) mass is 252 g/mol. The topological polar surface area (TPSA) is 23.6 Å². The van der Waals surface area contributed by atoms with Gasteiger partial charge in [0.2, 0.25) is 5.91 Å². The quantitative estimate of drug-likeness (QED) is 0.753. The van der Waals surface area contributed by atoms with Crippen molar-refractivity contribution in [2.24, 2.45) is 11.8 Å². The highest BCUT2D eigenvalue weighted by Gasteiger charge is 2.43. The Labute approximate surface area is 112 Å². The lowest BCUT2D eigenvalue weighted by Gasteiger charge is -2.40. The molecule has 1 atom stereocenters. The summed E-state index contributed by atoms with van der Waals surface area (Å²) >= 11 is 0. The molecule has 3 heteroatoms. The lowest BCUT2D eigenvalue weighted by atomic mass is 9.85. The van der Waals surface area contributed by atoms with Crippen LogP contribution in [-0.2, 0) is 4.79 Å². The smallest absolute Gasteiger partial charge is 0.242 e. The maximum atomic E-state index is 12.7. The number of carbonyl (C=O) groups excluding carboxylic acids is 1. The molecule has 2 fully saturated rings. The van der Waals surface area contributed by atoms with Crippen molar-refractivity contribution in [3.8, 4) is 0 Å². The van der Waals surface area contributed by atoms with E-state index in [1.54, 1.807) is 0 Å². The molecule has 0 aromatic carbocycles. The minimum Gasteiger partial charge on any atom is -0.341 e. The number of likely N-dealkylation sites (tertiary alicyclic amines) is 2. The summed E-state index contributed by atoms with van der Waals surface area (Å²) in [4.78, 5) is 17.0. The zero-order valence-corrected chi connectivity index (χ0v) is 12.4. The molecule has 1 amide bonds. The summed E-state index contributed by atoms with van der Waals surface area (Å²) in [5, 5.41) is 0. The van der Waals surface area contributed by atoms with Crippen molar-refractivity contribution < 1.29 is 4.79 Å². The molecule has 0 radical (unpaired) electrons. The van der Waals surface area contributed by atoms with Crippen molar-refractivity contribution in [2.45, 2.75) is 52.0 Å². The van der Waals surface area contributed by atoms with E-state index in [2.05, 4.69) is 37.6 Å². The van der Waals surface area contributed by atoms with Crippen molar-refractivity contribution in [2.75, 3.05) is 26.7 Å². The highest BCUT2D eigenvalue weighted by Crippen LogP contribution is 2.32. The first-order valence-corrected chi connectivity index (χ1v) is 7.46. The molecule has 0 saturated carbocycles. The predicted molar refractivity (Wildman–Crippen MR) is 74.4 cm³/mol. The number of nitrogens with zero attached hydrogens (tertiary/aromatic N) is 2. The third-order valence-electron chi connectivity index (χ3n) is 5.23. The molecule has 0 N–H and O–H groups in total. The van der Waals surface area contributed by atoms with Crippen LogP contribution in [-0.4, -0.2) is 47.9 Å². The van der Waals surface area contributed by atoms with Gasteiger partial charge in [0, 0.05) is 13.1 Å². The molecule has 104 valence electrons. The summed E-state index contributed by atoms with van der Waals surface area (Å²) in [6, 6.07) is 0. The normalized spacial score (nSPS) is 31.3. The fraction of sp³-hybridized carbons (Fsp3) is 0.933. The first-order chi connectivity index (χ1) is 8.45. The van der Waals surface area contributed by atoms with Crippen molar-refractivity contribution in [1.29, 1.82) is 0 Å². The average Bonchev–Trinajstić information content (AvgIpc) is 2.70. The van der Waals surface area contributed by atoms with Crippen LogP contribution in [0.25, 0.3) is 0 Å². The molecular weight excluding hydrogens is 224 g/mol. The van der Waals surface area contributed by atoms with E-state index in [9.17, 15) is 4.79 Å². The Bertz CT molecular complexity index is 308. The molecule has 3 nitrogen and oxygen atoms in total. The Balaban J connectivity index is 1.95. The van der Waals surface area contributed by atoms with Crippen molar-refractivity contribution in [3.63, 3.8) is 0 Å². The second-order valence-corrected chi connectivity index (χ2v) is 6.67. The zero-order chi connectivity index (χ0) is 13.3. The zero-order valence-electron chi connectivity index (χ0n) is 12.4. The maximum absolute atomic E-state index is 12.7. The predicted octanol–water partition coefficient (Wildman–Crippen LogP) is 2.37. The van der Waals surface area contributed by atoms with Gasteiger partial charge in [0.15, 0.2) is 0 Å². The fourth-order valence-electron chi connectivity index (χ4n) is 3.48. The van der Waals surface area contributed by atoms with E-state index in [1.807, 2.05) is 0 Å². The van der Waals surface area contributed by atoms with Gasteiger partial charge in [-0.2, -0.15) is 0 Å². The van der Waals surface area contributed by atoms with Crippen LogP contribution in [0.1, 0.15) is 46.5 Å². The van der Waals surface area contributed by atoms with Crippen molar-refractivity contribution in [3.05, 3.63) is 0 Å². The van der Waals surface area contributed by atoms with Gasteiger partial charge in [-0.25, -0.2) is 0 Å². The lowest BCUT2D eigenvalue weighted by molar-refractivity contribution is -0.143. The Morgan fingerprint density at radius 2 is 1.83 bits per heavy atom. The molecule has 2 heterocycles. The summed E-state index contributed by atoms with van der Waals surface area (Å²) in [7, 11) is 2.09. The van der Waals surface area contributed by atoms with Gasteiger partial charge in [0.05, 0.1) is 5.54 Å². The number of hydrogen-bond donors (Lipinski definition) is 0. The molecular formula is C15H28N2O. The lowest BCUT2D eigenvalue weighted by Crippen LogP contribution is -2.55. The summed E-state index contributed by atoms with van der Waals surface area (Å²) in [6.45, 7) is 9.71. The fourth-order valence-corrected chi connectivity index (χ4v) is 3.48. The van der Waals surface area contributed by atoms with Gasteiger partial charge >= 0.3 is 0 Å². The first kappa shape index (κ1) is 13.9. The summed E-state index contributed by atoms with van der Waals surface area (Å²) < 4.78 is 0. The summed E-state index contributed by atoms with van der Waals surface area (Å²) in [5.74, 6) is 1.93. The van der Waals surface area contributed by atoms with E-state index in [4.69, 9.17) is 0 Å². The number of carbonyl (C=O) groups is 1. The standard InChI is InChI=1S/C15H28N2O/c1-12(2)13-6-10-17(11-7-13)14(18)15(3)8-5-9-16(15)4/h12-13H,5-11H2,1-4H3. The van der Waals surface area contributed by atoms with Crippen LogP contribution in [0.15, 0.2) is 0 Å². The molecule has 2 aliphatic heterocycles. The van der Waals surface area contributed by atoms with Crippen molar-refractivity contribution in [1.82, 2.24) is 9.80 Å². The van der Waals surface area contributed by atoms with Crippen LogP contribution >= 0.6 is 0 Å². The average molecular weight is 252 g/mol. The number of rotatable bonds is 2. The second-order valence-electron chi connectivity index (χ2n) is 6.67. The molecule has 0 bridgehead atoms. The number of likely N-dealkylation sites (N-methyl/N-ethyl adjacent to an activating group) is 1. The second kappa shape index (κ2) is 5.20. The van der Waals surface area contributed by atoms with Gasteiger partial charge in [0.1, 0.15) is 0 Å². The van der Waals surface area contributed by atoms with Crippen LogP contribution in [0, 0.1) is 11.8 Å². The Hall–Kier alpha value is -0.570. The van der Waals surface area contributed by atoms with Crippen LogP contribution in [0.5, 0.6) is 0 Å². The van der Waals surface area contributed by atoms with E-state index in [1.165, 1.54) is 12.8 Å². The third kappa shape index (κ3) is 2.42. The molecule has 0 spiro atoms. The van der Waals surface area contributed by atoms with Crippen LogP contribution in [0.4, 0.5) is 0 Å². The minimum absolute atomic E-state index is 0.231. The van der Waals surface area contributed by atoms with E-state index in [0.717, 1.165) is 44.3 Å². The molecule has 0 aliphatic carbocycles. The van der Waals surface area contributed by atoms with E-state index in [0.29, 0.717) is 5.91 Å². The maximum Gasteiger partial charge on any atom is 0.242 e. The van der Waals surface area contributed by atoms with Gasteiger partial charge in [-0.3, -0.25) is 9.69 Å². The van der Waals surface area contributed by atoms with E-state index >= 15 is 0 Å². The van der Waals surface area contributed by atoms with E-state index < -0.39 is 0 Å². The Morgan fingerprint density at radius 3 is 2.28 bits per heavy atom. The molecule has 18 heavy (non-hydrogen) atoms. The van der Waals surface area contributed by atoms with E-state index in [-0.39, 0.29) is 5.54 Å². The van der Waals surface area contributed by atoms with Gasteiger partial charge in [-0.15, -0.1) is 0 Å². The molecule has 2 saturated heterocycles. The minimum atomic E-state index is -0.231. The number of amides is 1. The Kier molecular flexibility index (Phi) is 4.00. The largest absolute Gasteiger partial charge is 0.341 e. The Morgan fingerprint density at radius 1 is 1.22 bits per heavy atom. The molecule has 0 aromatic rings. The number of hydrogen-bond acceptors (Lipinski definition) is 2. The highest BCUT2D eigenvalue weighted by molar-refractivity contribution is 5.86. The summed E-state index contributed by atoms with van der Waals surface area (Å²) in [5.41, 5.74) is -0.231. The first-order valence-electron chi connectivity index (χ1n) is 7.46. The van der Waals surface area contributed by atoms with Gasteiger partial charge in [0.25, 0.3) is 0 Å². The van der Waals surface area contributed by atoms with Crippen LogP contribution in [0.2, 0.25) is 0 Å². The van der Waals surface area contributed by atoms with Crippen molar-refractivity contribution >= 4 is 5.91 Å². The highest BCUT2D eigenvalue weighted by atomic mass is 16.2. The molecule has 0 aromatic heterocycles. The molecule has 2 aliphatic rings. The SMILES string of the molecule is CC(C)C1CCN(C(=O)C2(C)CCCN2C)CC1. The van der Waals surface area contributed by atoms with Gasteiger partial charge in [-0.05, 0) is 58.0 Å². The van der Waals surface area contributed by atoms with Gasteiger partial charge < -0.3 is 4.90 Å². The van der Waals surface area contributed by atoms with Crippen LogP contribution in [0.3, 0.4) is 0 Å². The van der Waals surface area contributed by atoms with Crippen LogP contribution < -0.4 is 0 Å². The molecule has 1 unspecified atom stereocenters. The third-order valence-corrected chi connectivity index (χ3v) is 5.23. The summed E-state index contributed by atoms with van der Waals surface area (Å²) in [6.07, 6.45) is 4.54. The number of piperidine rings is 1.